The molecule has 0 radical (unpaired) electrons. The van der Waals surface area contributed by atoms with E-state index in [1.165, 1.54) is 24.8 Å². The van der Waals surface area contributed by atoms with E-state index in [0.717, 1.165) is 6.42 Å². The summed E-state index contributed by atoms with van der Waals surface area (Å²) in [5.74, 6) is -0.0334. The SMILES string of the molecule is NS(=O)(=O)CCN1CCN(C(=O)NCCC2=CCCC2)CC1. The number of nitrogens with two attached hydrogens (primary N) is 1. The predicted molar refractivity (Wildman–Crippen MR) is 85.9 cm³/mol. The van der Waals surface area contributed by atoms with E-state index in [-0.39, 0.29) is 11.8 Å². The van der Waals surface area contributed by atoms with Crippen molar-refractivity contribution in [3.8, 4) is 0 Å². The first kappa shape index (κ1) is 17.2. The maximum Gasteiger partial charge on any atom is 0.317 e. The molecule has 0 aromatic rings. The highest BCUT2D eigenvalue weighted by molar-refractivity contribution is 7.89. The Bertz CT molecular complexity index is 510. The van der Waals surface area contributed by atoms with Gasteiger partial charge in [-0.2, -0.15) is 0 Å². The summed E-state index contributed by atoms with van der Waals surface area (Å²) >= 11 is 0. The van der Waals surface area contributed by atoms with Gasteiger partial charge in [0.15, 0.2) is 0 Å². The summed E-state index contributed by atoms with van der Waals surface area (Å²) in [6.07, 6.45) is 6.79. The van der Waals surface area contributed by atoms with Gasteiger partial charge in [0.25, 0.3) is 0 Å². The topological polar surface area (TPSA) is 95.7 Å². The van der Waals surface area contributed by atoms with Crippen LogP contribution < -0.4 is 10.5 Å². The number of hydrogen-bond acceptors (Lipinski definition) is 4. The van der Waals surface area contributed by atoms with Crippen molar-refractivity contribution >= 4 is 16.1 Å². The van der Waals surface area contributed by atoms with Crippen molar-refractivity contribution in [2.75, 3.05) is 45.0 Å². The summed E-state index contributed by atoms with van der Waals surface area (Å²) in [5, 5.41) is 7.96. The van der Waals surface area contributed by atoms with Crippen LogP contribution >= 0.6 is 0 Å². The molecule has 3 N–H and O–H groups in total. The normalized spacial score (nSPS) is 20.0. The Morgan fingerprint density at radius 3 is 2.59 bits per heavy atom. The number of amides is 2. The Kier molecular flexibility index (Phi) is 6.22. The van der Waals surface area contributed by atoms with E-state index >= 15 is 0 Å². The molecule has 22 heavy (non-hydrogen) atoms. The van der Waals surface area contributed by atoms with Crippen LogP contribution in [0.25, 0.3) is 0 Å². The smallest absolute Gasteiger partial charge is 0.317 e. The zero-order chi connectivity index (χ0) is 16.0. The highest BCUT2D eigenvalue weighted by atomic mass is 32.2. The standard InChI is InChI=1S/C14H26N4O3S/c15-22(20,21)12-11-17-7-9-18(10-8-17)14(19)16-6-5-13-3-1-2-4-13/h3H,1-2,4-12H2,(H,16,19)(H2,15,20,21). The quantitative estimate of drug-likeness (QED) is 0.675. The van der Waals surface area contributed by atoms with Gasteiger partial charge >= 0.3 is 6.03 Å². The van der Waals surface area contributed by atoms with E-state index in [0.29, 0.717) is 39.3 Å². The molecule has 7 nitrogen and oxygen atoms in total. The second-order valence-electron chi connectivity index (χ2n) is 5.93. The molecule has 126 valence electrons. The molecule has 2 amide bonds. The predicted octanol–water partition coefficient (Wildman–Crippen LogP) is 0.103. The number of allylic oxidation sites excluding steroid dienone is 1. The molecule has 2 rings (SSSR count). The van der Waals surface area contributed by atoms with Crippen molar-refractivity contribution in [1.29, 1.82) is 0 Å². The fourth-order valence-electron chi connectivity index (χ4n) is 2.84. The first-order chi connectivity index (χ1) is 10.4. The molecule has 0 saturated carbocycles. The third-order valence-corrected chi connectivity index (χ3v) is 4.96. The minimum absolute atomic E-state index is 0.0234. The van der Waals surface area contributed by atoms with Crippen LogP contribution in [0, 0.1) is 0 Å². The number of piperazine rings is 1. The van der Waals surface area contributed by atoms with Crippen molar-refractivity contribution in [3.05, 3.63) is 11.6 Å². The van der Waals surface area contributed by atoms with Crippen LogP contribution in [0.1, 0.15) is 25.7 Å². The van der Waals surface area contributed by atoms with Crippen LogP contribution in [-0.4, -0.2) is 69.3 Å². The van der Waals surface area contributed by atoms with Gasteiger partial charge in [-0.05, 0) is 25.7 Å². The second kappa shape index (κ2) is 7.94. The molecule has 1 saturated heterocycles. The molecule has 0 aromatic heterocycles. The molecule has 1 aliphatic heterocycles. The van der Waals surface area contributed by atoms with Gasteiger partial charge in [0.05, 0.1) is 5.75 Å². The number of sulfonamides is 1. The van der Waals surface area contributed by atoms with Crippen molar-refractivity contribution in [2.24, 2.45) is 5.14 Å². The number of primary sulfonamides is 1. The Morgan fingerprint density at radius 1 is 1.27 bits per heavy atom. The van der Waals surface area contributed by atoms with Gasteiger partial charge in [-0.3, -0.25) is 4.90 Å². The number of carbonyl (C=O) groups is 1. The van der Waals surface area contributed by atoms with Crippen molar-refractivity contribution < 1.29 is 13.2 Å². The van der Waals surface area contributed by atoms with Gasteiger partial charge in [-0.15, -0.1) is 0 Å². The molecular weight excluding hydrogens is 304 g/mol. The molecule has 0 spiro atoms. The molecule has 8 heteroatoms. The van der Waals surface area contributed by atoms with Crippen LogP contribution in [0.2, 0.25) is 0 Å². The first-order valence-electron chi connectivity index (χ1n) is 7.87. The van der Waals surface area contributed by atoms with Crippen molar-refractivity contribution in [3.63, 3.8) is 0 Å². The number of nitrogens with one attached hydrogen (secondary N) is 1. The largest absolute Gasteiger partial charge is 0.338 e. The zero-order valence-electron chi connectivity index (χ0n) is 13.0. The average Bonchev–Trinajstić information content (AvgIpc) is 2.98. The van der Waals surface area contributed by atoms with Gasteiger partial charge in [0.1, 0.15) is 0 Å². The van der Waals surface area contributed by atoms with Gasteiger partial charge in [-0.25, -0.2) is 18.4 Å². The molecule has 1 aliphatic carbocycles. The highest BCUT2D eigenvalue weighted by Gasteiger charge is 2.21. The molecule has 0 aromatic carbocycles. The van der Waals surface area contributed by atoms with Crippen LogP contribution in [-0.2, 0) is 10.0 Å². The summed E-state index contributed by atoms with van der Waals surface area (Å²) < 4.78 is 21.9. The minimum atomic E-state index is -3.41. The van der Waals surface area contributed by atoms with Crippen LogP contribution in [0.4, 0.5) is 4.79 Å². The molecule has 0 unspecified atom stereocenters. The monoisotopic (exact) mass is 330 g/mol. The summed E-state index contributed by atoms with van der Waals surface area (Å²) in [4.78, 5) is 15.9. The van der Waals surface area contributed by atoms with Gasteiger partial charge < -0.3 is 10.2 Å². The van der Waals surface area contributed by atoms with E-state index in [2.05, 4.69) is 11.4 Å². The van der Waals surface area contributed by atoms with Crippen molar-refractivity contribution in [1.82, 2.24) is 15.1 Å². The Hall–Kier alpha value is -1.12. The molecule has 0 bridgehead atoms. The van der Waals surface area contributed by atoms with E-state index < -0.39 is 10.0 Å². The molecule has 0 atom stereocenters. The van der Waals surface area contributed by atoms with Crippen LogP contribution in [0.3, 0.4) is 0 Å². The van der Waals surface area contributed by atoms with Crippen LogP contribution in [0.5, 0.6) is 0 Å². The summed E-state index contributed by atoms with van der Waals surface area (Å²) in [6, 6.07) is -0.0234. The maximum absolute atomic E-state index is 12.1. The van der Waals surface area contributed by atoms with Gasteiger partial charge in [0.2, 0.25) is 10.0 Å². The van der Waals surface area contributed by atoms with Crippen LogP contribution in [0.15, 0.2) is 11.6 Å². The Balaban J connectivity index is 1.62. The maximum atomic E-state index is 12.1. The molecular formula is C14H26N4O3S. The van der Waals surface area contributed by atoms with E-state index in [1.807, 2.05) is 4.90 Å². The minimum Gasteiger partial charge on any atom is -0.338 e. The summed E-state index contributed by atoms with van der Waals surface area (Å²) in [5.41, 5.74) is 1.45. The van der Waals surface area contributed by atoms with E-state index in [1.54, 1.807) is 4.90 Å². The first-order valence-corrected chi connectivity index (χ1v) is 9.59. The fourth-order valence-corrected chi connectivity index (χ4v) is 3.35. The van der Waals surface area contributed by atoms with E-state index in [4.69, 9.17) is 5.14 Å². The molecule has 1 heterocycles. The average molecular weight is 330 g/mol. The lowest BCUT2D eigenvalue weighted by Crippen LogP contribution is -2.52. The number of nitrogens with zero attached hydrogens (tertiary/aromatic N) is 2. The fraction of sp³-hybridized carbons (Fsp3) is 0.786. The Labute approximate surface area is 132 Å². The van der Waals surface area contributed by atoms with Crippen molar-refractivity contribution in [2.45, 2.75) is 25.7 Å². The number of urea groups is 1. The third-order valence-electron chi connectivity index (χ3n) is 4.21. The second-order valence-corrected chi connectivity index (χ2v) is 7.67. The lowest BCUT2D eigenvalue weighted by molar-refractivity contribution is 0.143. The molecule has 2 aliphatic rings. The number of carbonyl (C=O) groups excluding carboxylic acids is 1. The zero-order valence-corrected chi connectivity index (χ0v) is 13.8. The lowest BCUT2D eigenvalue weighted by Gasteiger charge is -2.34. The number of hydrogen-bond donors (Lipinski definition) is 2. The highest BCUT2D eigenvalue weighted by Crippen LogP contribution is 2.19. The summed E-state index contributed by atoms with van der Waals surface area (Å²) in [7, 11) is -3.41. The number of rotatable bonds is 6. The summed E-state index contributed by atoms with van der Waals surface area (Å²) in [6.45, 7) is 3.75. The van der Waals surface area contributed by atoms with Gasteiger partial charge in [0, 0.05) is 39.3 Å². The lowest BCUT2D eigenvalue weighted by atomic mass is 10.2. The van der Waals surface area contributed by atoms with E-state index in [9.17, 15) is 13.2 Å². The third kappa shape index (κ3) is 5.94. The van der Waals surface area contributed by atoms with Gasteiger partial charge in [-0.1, -0.05) is 11.6 Å². The molecule has 1 fully saturated rings. The Morgan fingerprint density at radius 2 is 2.00 bits per heavy atom.